The highest BCUT2D eigenvalue weighted by atomic mass is 16.5. The number of carbonyl (C=O) groups is 1. The third-order valence-corrected chi connectivity index (χ3v) is 4.02. The summed E-state index contributed by atoms with van der Waals surface area (Å²) in [5.41, 5.74) is 1.83. The molecule has 0 aliphatic rings. The molecular formula is C19H17N3O3. The lowest BCUT2D eigenvalue weighted by Crippen LogP contribution is -2.26. The summed E-state index contributed by atoms with van der Waals surface area (Å²) in [6.45, 7) is 4.26. The van der Waals surface area contributed by atoms with Gasteiger partial charge in [-0.2, -0.15) is 5.26 Å². The molecule has 0 unspecified atom stereocenters. The van der Waals surface area contributed by atoms with E-state index in [4.69, 9.17) is 4.74 Å². The van der Waals surface area contributed by atoms with Crippen LogP contribution in [0, 0.1) is 11.3 Å². The lowest BCUT2D eigenvalue weighted by atomic mass is 10.1. The Hall–Kier alpha value is -3.33. The fraction of sp³-hybridized carbons (Fsp3) is 0.211. The number of benzene rings is 1. The van der Waals surface area contributed by atoms with Crippen molar-refractivity contribution in [1.29, 1.82) is 5.26 Å². The Morgan fingerprint density at radius 1 is 1.20 bits per heavy atom. The van der Waals surface area contributed by atoms with Gasteiger partial charge in [-0.25, -0.2) is 4.79 Å². The zero-order valence-electron chi connectivity index (χ0n) is 14.0. The number of esters is 1. The normalized spacial score (nSPS) is 10.6. The molecular weight excluding hydrogens is 318 g/mol. The zero-order chi connectivity index (χ0) is 18.0. The fourth-order valence-corrected chi connectivity index (χ4v) is 2.87. The number of fused-ring (bicyclic) bond motifs is 1. The molecule has 3 rings (SSSR count). The van der Waals surface area contributed by atoms with Crippen molar-refractivity contribution in [1.82, 2.24) is 8.97 Å². The molecule has 0 fully saturated rings. The average Bonchev–Trinajstić information content (AvgIpc) is 3.03. The number of hydrogen-bond acceptors (Lipinski definition) is 4. The van der Waals surface area contributed by atoms with Gasteiger partial charge in [0.1, 0.15) is 22.8 Å². The lowest BCUT2D eigenvalue weighted by molar-refractivity contribution is 0.0523. The maximum atomic E-state index is 12.8. The van der Waals surface area contributed by atoms with E-state index in [0.29, 0.717) is 23.3 Å². The van der Waals surface area contributed by atoms with E-state index in [1.54, 1.807) is 17.7 Å². The quantitative estimate of drug-likeness (QED) is 0.687. The van der Waals surface area contributed by atoms with E-state index in [0.717, 1.165) is 5.56 Å². The molecule has 0 atom stereocenters. The molecule has 0 saturated carbocycles. The van der Waals surface area contributed by atoms with Gasteiger partial charge in [-0.1, -0.05) is 30.3 Å². The van der Waals surface area contributed by atoms with Crippen molar-refractivity contribution in [3.8, 4) is 17.2 Å². The van der Waals surface area contributed by atoms with Crippen LogP contribution in [0.1, 0.15) is 29.8 Å². The zero-order valence-corrected chi connectivity index (χ0v) is 14.0. The highest BCUT2D eigenvalue weighted by Gasteiger charge is 2.21. The van der Waals surface area contributed by atoms with Crippen LogP contribution in [-0.2, 0) is 11.3 Å². The Labute approximate surface area is 144 Å². The van der Waals surface area contributed by atoms with E-state index < -0.39 is 11.5 Å². The molecule has 1 aromatic carbocycles. The van der Waals surface area contributed by atoms with E-state index in [1.165, 1.54) is 10.6 Å². The minimum absolute atomic E-state index is 0.0460. The number of rotatable bonds is 4. The largest absolute Gasteiger partial charge is 0.462 e. The number of nitriles is 1. The predicted octanol–water partition coefficient (Wildman–Crippen LogP) is 2.84. The van der Waals surface area contributed by atoms with Gasteiger partial charge in [0.15, 0.2) is 0 Å². The molecule has 0 spiro atoms. The Morgan fingerprint density at radius 2 is 1.92 bits per heavy atom. The number of hydrogen-bond donors (Lipinski definition) is 0. The Morgan fingerprint density at radius 3 is 2.52 bits per heavy atom. The van der Waals surface area contributed by atoms with E-state index in [2.05, 4.69) is 6.07 Å². The van der Waals surface area contributed by atoms with Crippen LogP contribution in [0.25, 0.3) is 16.8 Å². The van der Waals surface area contributed by atoms with Gasteiger partial charge in [0.2, 0.25) is 0 Å². The molecule has 25 heavy (non-hydrogen) atoms. The minimum atomic E-state index is -0.662. The Kier molecular flexibility index (Phi) is 4.40. The second kappa shape index (κ2) is 6.65. The molecule has 0 N–H and O–H groups in total. The second-order valence-electron chi connectivity index (χ2n) is 5.44. The summed E-state index contributed by atoms with van der Waals surface area (Å²) in [6, 6.07) is 11.6. The molecule has 0 radical (unpaired) electrons. The standard InChI is InChI=1S/C19H17N3O3/c1-3-21-11-16(19(24)25-4-2)18(23)22-12-15(14(10-20)17(21)22)13-8-6-5-7-9-13/h5-9,11-12H,3-4H2,1-2H3. The molecule has 0 saturated heterocycles. The monoisotopic (exact) mass is 335 g/mol. The lowest BCUT2D eigenvalue weighted by Gasteiger charge is -2.10. The van der Waals surface area contributed by atoms with Gasteiger partial charge in [-0.05, 0) is 19.4 Å². The third kappa shape index (κ3) is 2.70. The van der Waals surface area contributed by atoms with Crippen LogP contribution in [0.3, 0.4) is 0 Å². The van der Waals surface area contributed by atoms with Crippen molar-refractivity contribution in [3.05, 3.63) is 64.2 Å². The highest BCUT2D eigenvalue weighted by Crippen LogP contribution is 2.27. The molecule has 6 nitrogen and oxygen atoms in total. The maximum Gasteiger partial charge on any atom is 0.345 e. The van der Waals surface area contributed by atoms with Crippen LogP contribution in [0.5, 0.6) is 0 Å². The smallest absolute Gasteiger partial charge is 0.345 e. The first-order valence-corrected chi connectivity index (χ1v) is 8.03. The topological polar surface area (TPSA) is 76.5 Å². The van der Waals surface area contributed by atoms with Crippen molar-refractivity contribution < 1.29 is 9.53 Å². The molecule has 0 bridgehead atoms. The summed E-state index contributed by atoms with van der Waals surface area (Å²) in [7, 11) is 0. The summed E-state index contributed by atoms with van der Waals surface area (Å²) >= 11 is 0. The molecule has 2 heterocycles. The summed E-state index contributed by atoms with van der Waals surface area (Å²) in [6.07, 6.45) is 3.08. The van der Waals surface area contributed by atoms with Gasteiger partial charge < -0.3 is 9.30 Å². The minimum Gasteiger partial charge on any atom is -0.462 e. The first kappa shape index (κ1) is 16.5. The van der Waals surface area contributed by atoms with Crippen molar-refractivity contribution >= 4 is 11.6 Å². The average molecular weight is 335 g/mol. The number of ether oxygens (including phenoxy) is 1. The van der Waals surface area contributed by atoms with Gasteiger partial charge in [-0.15, -0.1) is 0 Å². The predicted molar refractivity (Wildman–Crippen MR) is 93.4 cm³/mol. The van der Waals surface area contributed by atoms with E-state index in [9.17, 15) is 14.9 Å². The second-order valence-corrected chi connectivity index (χ2v) is 5.44. The van der Waals surface area contributed by atoms with Crippen LogP contribution in [-0.4, -0.2) is 21.5 Å². The summed E-state index contributed by atoms with van der Waals surface area (Å²) in [4.78, 5) is 24.9. The molecule has 0 amide bonds. The van der Waals surface area contributed by atoms with Crippen molar-refractivity contribution in [2.45, 2.75) is 20.4 Å². The van der Waals surface area contributed by atoms with E-state index in [-0.39, 0.29) is 12.2 Å². The number of nitrogens with zero attached hydrogens (tertiary/aromatic N) is 3. The molecule has 0 aliphatic heterocycles. The first-order valence-electron chi connectivity index (χ1n) is 8.03. The van der Waals surface area contributed by atoms with Crippen molar-refractivity contribution in [2.24, 2.45) is 0 Å². The van der Waals surface area contributed by atoms with Crippen LogP contribution in [0.4, 0.5) is 0 Å². The molecule has 0 aliphatic carbocycles. The number of aromatic nitrogens is 2. The molecule has 3 aromatic rings. The summed E-state index contributed by atoms with van der Waals surface area (Å²) in [5, 5.41) is 9.67. The molecule has 6 heteroatoms. The number of carbonyl (C=O) groups excluding carboxylic acids is 1. The van der Waals surface area contributed by atoms with Gasteiger partial charge in [0.05, 0.1) is 6.61 Å². The SMILES string of the molecule is CCOC(=O)c1cn(CC)c2c(C#N)c(-c3ccccc3)cn2c1=O. The highest BCUT2D eigenvalue weighted by molar-refractivity contribution is 5.89. The van der Waals surface area contributed by atoms with Crippen LogP contribution in [0.15, 0.2) is 47.5 Å². The summed E-state index contributed by atoms with van der Waals surface area (Å²) < 4.78 is 8.05. The van der Waals surface area contributed by atoms with Gasteiger partial charge in [0, 0.05) is 24.5 Å². The van der Waals surface area contributed by atoms with Crippen molar-refractivity contribution in [2.75, 3.05) is 6.61 Å². The van der Waals surface area contributed by atoms with Crippen LogP contribution >= 0.6 is 0 Å². The van der Waals surface area contributed by atoms with Gasteiger partial charge in [0.25, 0.3) is 5.56 Å². The molecule has 2 aromatic heterocycles. The number of aryl methyl sites for hydroxylation is 1. The maximum absolute atomic E-state index is 12.8. The van der Waals surface area contributed by atoms with Crippen LogP contribution < -0.4 is 5.56 Å². The fourth-order valence-electron chi connectivity index (χ4n) is 2.87. The Bertz CT molecular complexity index is 1040. The van der Waals surface area contributed by atoms with E-state index >= 15 is 0 Å². The third-order valence-electron chi connectivity index (χ3n) is 4.02. The van der Waals surface area contributed by atoms with Gasteiger partial charge >= 0.3 is 5.97 Å². The summed E-state index contributed by atoms with van der Waals surface area (Å²) in [5.74, 6) is -0.662. The molecule has 126 valence electrons. The van der Waals surface area contributed by atoms with Crippen LogP contribution in [0.2, 0.25) is 0 Å². The first-order chi connectivity index (χ1) is 12.1. The van der Waals surface area contributed by atoms with E-state index in [1.807, 2.05) is 37.3 Å². The van der Waals surface area contributed by atoms with Gasteiger partial charge in [-0.3, -0.25) is 9.20 Å². The Balaban J connectivity index is 2.38. The van der Waals surface area contributed by atoms with Crippen molar-refractivity contribution in [3.63, 3.8) is 0 Å².